The predicted molar refractivity (Wildman–Crippen MR) is 64.4 cm³/mol. The Morgan fingerprint density at radius 1 is 1.56 bits per heavy atom. The highest BCUT2D eigenvalue weighted by atomic mass is 35.5. The number of hydrogen-bond acceptors (Lipinski definition) is 3. The highest BCUT2D eigenvalue weighted by molar-refractivity contribution is 6.31. The van der Waals surface area contributed by atoms with E-state index < -0.39 is 0 Å². The van der Waals surface area contributed by atoms with E-state index in [9.17, 15) is 4.79 Å². The molecule has 0 aliphatic carbocycles. The third-order valence-corrected chi connectivity index (χ3v) is 2.72. The lowest BCUT2D eigenvalue weighted by atomic mass is 10.0. The van der Waals surface area contributed by atoms with Crippen LogP contribution >= 0.6 is 11.6 Å². The molecule has 0 bridgehead atoms. The Labute approximate surface area is 101 Å². The Morgan fingerprint density at radius 3 is 2.81 bits per heavy atom. The topological polar surface area (TPSA) is 52.3 Å². The molecule has 0 unspecified atom stereocenters. The Hall–Kier alpha value is -1.06. The average molecular weight is 242 g/mol. The van der Waals surface area contributed by atoms with Gasteiger partial charge in [-0.2, -0.15) is 0 Å². The van der Waals surface area contributed by atoms with Crippen molar-refractivity contribution >= 4 is 17.6 Å². The summed E-state index contributed by atoms with van der Waals surface area (Å²) >= 11 is 5.98. The third kappa shape index (κ3) is 3.51. The fraction of sp³-hybridized carbons (Fsp3) is 0.417. The van der Waals surface area contributed by atoms with Gasteiger partial charge in [0.25, 0.3) is 0 Å². The van der Waals surface area contributed by atoms with Crippen molar-refractivity contribution in [3.8, 4) is 0 Å². The molecular formula is C12H16ClNO2. The number of ether oxygens (including phenoxy) is 1. The number of carbonyl (C=O) groups excluding carboxylic acids is 1. The molecule has 0 radical (unpaired) electrons. The summed E-state index contributed by atoms with van der Waals surface area (Å²) < 4.78 is 4.84. The minimum Gasteiger partial charge on any atom is -0.466 e. The van der Waals surface area contributed by atoms with Crippen LogP contribution < -0.4 is 5.73 Å². The molecule has 0 heterocycles. The molecule has 0 saturated carbocycles. The lowest BCUT2D eigenvalue weighted by Crippen LogP contribution is -2.17. The fourth-order valence-corrected chi connectivity index (χ4v) is 1.55. The van der Waals surface area contributed by atoms with Gasteiger partial charge in [-0.25, -0.2) is 0 Å². The second-order valence-electron chi connectivity index (χ2n) is 3.62. The molecule has 0 fully saturated rings. The van der Waals surface area contributed by atoms with Crippen molar-refractivity contribution in [1.29, 1.82) is 0 Å². The number of rotatable bonds is 4. The Kier molecular flexibility index (Phi) is 4.77. The zero-order chi connectivity index (χ0) is 12.1. The number of benzene rings is 1. The Balaban J connectivity index is 2.69. The molecule has 1 atom stereocenters. The van der Waals surface area contributed by atoms with E-state index >= 15 is 0 Å². The standard InChI is InChI=1S/C12H16ClNO2/c1-3-16-12(15)7-11(14)9-5-4-8(2)10(13)6-9/h4-6,11H,3,7,14H2,1-2H3/t11-/m1/s1. The van der Waals surface area contributed by atoms with Gasteiger partial charge < -0.3 is 10.5 Å². The maximum Gasteiger partial charge on any atom is 0.307 e. The van der Waals surface area contributed by atoms with Crippen LogP contribution in [0.4, 0.5) is 0 Å². The van der Waals surface area contributed by atoms with E-state index in [-0.39, 0.29) is 18.4 Å². The Bertz CT molecular complexity index is 379. The summed E-state index contributed by atoms with van der Waals surface area (Å²) in [6, 6.07) is 5.20. The third-order valence-electron chi connectivity index (χ3n) is 2.32. The van der Waals surface area contributed by atoms with Crippen molar-refractivity contribution in [2.75, 3.05) is 6.61 Å². The van der Waals surface area contributed by atoms with Crippen LogP contribution in [0.25, 0.3) is 0 Å². The van der Waals surface area contributed by atoms with Gasteiger partial charge in [0.15, 0.2) is 0 Å². The minimum atomic E-state index is -0.364. The molecule has 1 aromatic rings. The van der Waals surface area contributed by atoms with Gasteiger partial charge in [0.1, 0.15) is 0 Å². The highest BCUT2D eigenvalue weighted by Gasteiger charge is 2.13. The first-order valence-electron chi connectivity index (χ1n) is 5.21. The average Bonchev–Trinajstić information content (AvgIpc) is 2.22. The molecule has 16 heavy (non-hydrogen) atoms. The number of esters is 1. The van der Waals surface area contributed by atoms with Gasteiger partial charge in [0.2, 0.25) is 0 Å². The van der Waals surface area contributed by atoms with Crippen LogP contribution in [0, 0.1) is 6.92 Å². The van der Waals surface area contributed by atoms with Crippen molar-refractivity contribution in [1.82, 2.24) is 0 Å². The summed E-state index contributed by atoms with van der Waals surface area (Å²) in [6.45, 7) is 4.06. The summed E-state index contributed by atoms with van der Waals surface area (Å²) in [5, 5.41) is 0.664. The van der Waals surface area contributed by atoms with Crippen molar-refractivity contribution in [3.63, 3.8) is 0 Å². The summed E-state index contributed by atoms with van der Waals surface area (Å²) in [6.07, 6.45) is 0.174. The van der Waals surface area contributed by atoms with E-state index in [4.69, 9.17) is 22.1 Å². The van der Waals surface area contributed by atoms with E-state index in [1.807, 2.05) is 19.1 Å². The van der Waals surface area contributed by atoms with Gasteiger partial charge in [0, 0.05) is 11.1 Å². The van der Waals surface area contributed by atoms with Crippen LogP contribution in [0.2, 0.25) is 5.02 Å². The lowest BCUT2D eigenvalue weighted by Gasteiger charge is -2.12. The van der Waals surface area contributed by atoms with Crippen molar-refractivity contribution < 1.29 is 9.53 Å². The molecule has 88 valence electrons. The zero-order valence-corrected chi connectivity index (χ0v) is 10.3. The molecule has 4 heteroatoms. The molecule has 0 aliphatic heterocycles. The van der Waals surface area contributed by atoms with Gasteiger partial charge in [-0.05, 0) is 31.0 Å². The molecule has 1 rings (SSSR count). The van der Waals surface area contributed by atoms with Crippen molar-refractivity contribution in [3.05, 3.63) is 34.3 Å². The number of aryl methyl sites for hydroxylation is 1. The smallest absolute Gasteiger partial charge is 0.307 e. The summed E-state index contributed by atoms with van der Waals surface area (Å²) in [5.41, 5.74) is 7.73. The Morgan fingerprint density at radius 2 is 2.25 bits per heavy atom. The second-order valence-corrected chi connectivity index (χ2v) is 4.03. The van der Waals surface area contributed by atoms with Crippen LogP contribution in [0.5, 0.6) is 0 Å². The van der Waals surface area contributed by atoms with E-state index in [0.717, 1.165) is 11.1 Å². The number of halogens is 1. The van der Waals surface area contributed by atoms with Crippen LogP contribution in [0.1, 0.15) is 30.5 Å². The van der Waals surface area contributed by atoms with Gasteiger partial charge in [0.05, 0.1) is 13.0 Å². The quantitative estimate of drug-likeness (QED) is 0.825. The molecule has 0 spiro atoms. The van der Waals surface area contributed by atoms with Crippen LogP contribution in [0.15, 0.2) is 18.2 Å². The summed E-state index contributed by atoms with van der Waals surface area (Å²) in [5.74, 6) is -0.285. The molecule has 3 nitrogen and oxygen atoms in total. The molecule has 2 N–H and O–H groups in total. The number of hydrogen-bond donors (Lipinski definition) is 1. The lowest BCUT2D eigenvalue weighted by molar-refractivity contribution is -0.143. The minimum absolute atomic E-state index is 0.174. The van der Waals surface area contributed by atoms with Gasteiger partial charge >= 0.3 is 5.97 Å². The first-order valence-corrected chi connectivity index (χ1v) is 5.59. The largest absolute Gasteiger partial charge is 0.466 e. The predicted octanol–water partition coefficient (Wildman–Crippen LogP) is 2.60. The monoisotopic (exact) mass is 241 g/mol. The van der Waals surface area contributed by atoms with Crippen LogP contribution in [-0.2, 0) is 9.53 Å². The van der Waals surface area contributed by atoms with E-state index in [2.05, 4.69) is 0 Å². The summed E-state index contributed by atoms with van der Waals surface area (Å²) in [7, 11) is 0. The fourth-order valence-electron chi connectivity index (χ4n) is 1.36. The maximum atomic E-state index is 11.2. The highest BCUT2D eigenvalue weighted by Crippen LogP contribution is 2.22. The number of nitrogens with two attached hydrogens (primary N) is 1. The molecule has 0 aliphatic rings. The second kappa shape index (κ2) is 5.87. The molecule has 1 aromatic carbocycles. The molecule has 0 aromatic heterocycles. The van der Waals surface area contributed by atoms with E-state index in [1.165, 1.54) is 0 Å². The van der Waals surface area contributed by atoms with Crippen molar-refractivity contribution in [2.45, 2.75) is 26.3 Å². The van der Waals surface area contributed by atoms with Crippen LogP contribution in [0.3, 0.4) is 0 Å². The molecule has 0 saturated heterocycles. The van der Waals surface area contributed by atoms with Crippen molar-refractivity contribution in [2.24, 2.45) is 5.73 Å². The normalized spacial score (nSPS) is 12.2. The maximum absolute atomic E-state index is 11.2. The SMILES string of the molecule is CCOC(=O)C[C@@H](N)c1ccc(C)c(Cl)c1. The van der Waals surface area contributed by atoms with E-state index in [1.54, 1.807) is 13.0 Å². The molecule has 0 amide bonds. The molecular weight excluding hydrogens is 226 g/mol. The van der Waals surface area contributed by atoms with Gasteiger partial charge in [-0.3, -0.25) is 4.79 Å². The van der Waals surface area contributed by atoms with Gasteiger partial charge in [-0.15, -0.1) is 0 Å². The first kappa shape index (κ1) is 13.0. The van der Waals surface area contributed by atoms with Gasteiger partial charge in [-0.1, -0.05) is 23.7 Å². The summed E-state index contributed by atoms with van der Waals surface area (Å²) in [4.78, 5) is 11.2. The number of carbonyl (C=O) groups is 1. The first-order chi connectivity index (χ1) is 7.54. The van der Waals surface area contributed by atoms with E-state index in [0.29, 0.717) is 11.6 Å². The van der Waals surface area contributed by atoms with Crippen LogP contribution in [-0.4, -0.2) is 12.6 Å². The zero-order valence-electron chi connectivity index (χ0n) is 9.50.